The van der Waals surface area contributed by atoms with Crippen LogP contribution in [0.5, 0.6) is 0 Å². The van der Waals surface area contributed by atoms with Crippen molar-refractivity contribution >= 4 is 11.6 Å². The SMILES string of the molecule is NCc1cc(C(=O)Nc2cnn(CC(F)F)c2)co1. The summed E-state index contributed by atoms with van der Waals surface area (Å²) in [4.78, 5) is 11.8. The van der Waals surface area contributed by atoms with Gasteiger partial charge in [-0.1, -0.05) is 0 Å². The molecule has 0 aromatic carbocycles. The van der Waals surface area contributed by atoms with E-state index in [1.165, 1.54) is 24.7 Å². The van der Waals surface area contributed by atoms with Gasteiger partial charge in [0.2, 0.25) is 0 Å². The Bertz CT molecular complexity index is 565. The molecule has 6 nitrogen and oxygen atoms in total. The third-order valence-electron chi connectivity index (χ3n) is 2.33. The van der Waals surface area contributed by atoms with Crippen molar-refractivity contribution in [3.05, 3.63) is 36.0 Å². The Hall–Kier alpha value is -2.22. The molecule has 0 radical (unpaired) electrons. The molecular weight excluding hydrogens is 258 g/mol. The topological polar surface area (TPSA) is 86.1 Å². The van der Waals surface area contributed by atoms with Crippen molar-refractivity contribution in [3.63, 3.8) is 0 Å². The van der Waals surface area contributed by atoms with E-state index in [0.29, 0.717) is 17.0 Å². The van der Waals surface area contributed by atoms with Gasteiger partial charge in [0.1, 0.15) is 18.6 Å². The van der Waals surface area contributed by atoms with Crippen molar-refractivity contribution in [2.75, 3.05) is 5.32 Å². The summed E-state index contributed by atoms with van der Waals surface area (Å²) in [5.41, 5.74) is 6.00. The molecule has 1 amide bonds. The van der Waals surface area contributed by atoms with Gasteiger partial charge >= 0.3 is 0 Å². The number of furan rings is 1. The van der Waals surface area contributed by atoms with E-state index >= 15 is 0 Å². The number of anilines is 1. The average Bonchev–Trinajstić information content (AvgIpc) is 2.97. The second-order valence-corrected chi connectivity index (χ2v) is 3.80. The number of amides is 1. The van der Waals surface area contributed by atoms with Crippen molar-refractivity contribution in [3.8, 4) is 0 Å². The monoisotopic (exact) mass is 270 g/mol. The lowest BCUT2D eigenvalue weighted by Gasteiger charge is -1.99. The first-order valence-electron chi connectivity index (χ1n) is 5.48. The molecular formula is C11H12F2N4O2. The highest BCUT2D eigenvalue weighted by atomic mass is 19.3. The van der Waals surface area contributed by atoms with Crippen molar-refractivity contribution in [1.29, 1.82) is 0 Å². The molecule has 0 saturated heterocycles. The molecule has 0 saturated carbocycles. The first-order valence-corrected chi connectivity index (χ1v) is 5.48. The molecule has 0 unspecified atom stereocenters. The number of halogens is 2. The minimum absolute atomic E-state index is 0.194. The lowest BCUT2D eigenvalue weighted by molar-refractivity contribution is 0.102. The first-order chi connectivity index (χ1) is 9.08. The average molecular weight is 270 g/mol. The van der Waals surface area contributed by atoms with Crippen molar-refractivity contribution in [1.82, 2.24) is 9.78 Å². The molecule has 0 bridgehead atoms. The van der Waals surface area contributed by atoms with Crippen LogP contribution in [-0.2, 0) is 13.1 Å². The number of rotatable bonds is 5. The van der Waals surface area contributed by atoms with Gasteiger partial charge in [-0.15, -0.1) is 0 Å². The van der Waals surface area contributed by atoms with E-state index in [-0.39, 0.29) is 6.54 Å². The molecule has 2 aromatic rings. The summed E-state index contributed by atoms with van der Waals surface area (Å²) in [5, 5.41) is 6.22. The first kappa shape index (κ1) is 13.2. The largest absolute Gasteiger partial charge is 0.467 e. The minimum Gasteiger partial charge on any atom is -0.467 e. The number of nitrogens with two attached hydrogens (primary N) is 1. The van der Waals surface area contributed by atoms with E-state index in [2.05, 4.69) is 10.4 Å². The van der Waals surface area contributed by atoms with Crippen LogP contribution in [0.3, 0.4) is 0 Å². The Labute approximate surface area is 107 Å². The van der Waals surface area contributed by atoms with Crippen LogP contribution in [0.4, 0.5) is 14.5 Å². The summed E-state index contributed by atoms with van der Waals surface area (Å²) in [6.45, 7) is -0.321. The van der Waals surface area contributed by atoms with Gasteiger partial charge in [0.15, 0.2) is 0 Å². The van der Waals surface area contributed by atoms with Gasteiger partial charge in [0, 0.05) is 6.20 Å². The number of carbonyl (C=O) groups is 1. The number of hydrogen-bond donors (Lipinski definition) is 2. The molecule has 0 spiro atoms. The van der Waals surface area contributed by atoms with Gasteiger partial charge in [-0.05, 0) is 6.07 Å². The van der Waals surface area contributed by atoms with Gasteiger partial charge in [-0.3, -0.25) is 9.48 Å². The fraction of sp³-hybridized carbons (Fsp3) is 0.273. The molecule has 102 valence electrons. The molecule has 0 aliphatic carbocycles. The molecule has 0 atom stereocenters. The highest BCUT2D eigenvalue weighted by Crippen LogP contribution is 2.12. The fourth-order valence-corrected chi connectivity index (χ4v) is 1.48. The Morgan fingerprint density at radius 2 is 2.37 bits per heavy atom. The van der Waals surface area contributed by atoms with Crippen molar-refractivity contribution in [2.24, 2.45) is 5.73 Å². The number of hydrogen-bond acceptors (Lipinski definition) is 4. The Kier molecular flexibility index (Phi) is 3.91. The Morgan fingerprint density at radius 1 is 1.58 bits per heavy atom. The van der Waals surface area contributed by atoms with Crippen LogP contribution in [-0.4, -0.2) is 22.1 Å². The second-order valence-electron chi connectivity index (χ2n) is 3.80. The maximum absolute atomic E-state index is 12.1. The number of nitrogens with zero attached hydrogens (tertiary/aromatic N) is 2. The molecule has 0 aliphatic rings. The van der Waals surface area contributed by atoms with E-state index in [0.717, 1.165) is 4.68 Å². The maximum atomic E-state index is 12.1. The molecule has 0 aliphatic heterocycles. The van der Waals surface area contributed by atoms with E-state index in [4.69, 9.17) is 10.2 Å². The fourth-order valence-electron chi connectivity index (χ4n) is 1.48. The molecule has 3 N–H and O–H groups in total. The predicted octanol–water partition coefficient (Wildman–Crippen LogP) is 1.45. The molecule has 2 heterocycles. The zero-order valence-electron chi connectivity index (χ0n) is 9.85. The van der Waals surface area contributed by atoms with Gasteiger partial charge in [-0.2, -0.15) is 5.10 Å². The summed E-state index contributed by atoms with van der Waals surface area (Å²) in [7, 11) is 0. The Morgan fingerprint density at radius 3 is 3.00 bits per heavy atom. The lowest BCUT2D eigenvalue weighted by atomic mass is 10.3. The van der Waals surface area contributed by atoms with Crippen LogP contribution in [0, 0.1) is 0 Å². The van der Waals surface area contributed by atoms with Gasteiger partial charge in [0.05, 0.1) is 24.0 Å². The number of carbonyl (C=O) groups excluding carboxylic acids is 1. The Balaban J connectivity index is 2.00. The smallest absolute Gasteiger partial charge is 0.259 e. The molecule has 2 aromatic heterocycles. The number of nitrogens with one attached hydrogen (secondary N) is 1. The van der Waals surface area contributed by atoms with Gasteiger partial charge in [-0.25, -0.2) is 8.78 Å². The maximum Gasteiger partial charge on any atom is 0.259 e. The molecule has 19 heavy (non-hydrogen) atoms. The lowest BCUT2D eigenvalue weighted by Crippen LogP contribution is -2.10. The quantitative estimate of drug-likeness (QED) is 0.861. The van der Waals surface area contributed by atoms with E-state index in [1.54, 1.807) is 0 Å². The van der Waals surface area contributed by atoms with E-state index in [1.807, 2.05) is 0 Å². The van der Waals surface area contributed by atoms with Crippen LogP contribution < -0.4 is 11.1 Å². The zero-order valence-corrected chi connectivity index (χ0v) is 9.85. The zero-order chi connectivity index (χ0) is 13.8. The summed E-state index contributed by atoms with van der Waals surface area (Å²) >= 11 is 0. The molecule has 8 heteroatoms. The normalized spacial score (nSPS) is 10.9. The van der Waals surface area contributed by atoms with Crippen LogP contribution >= 0.6 is 0 Å². The summed E-state index contributed by atoms with van der Waals surface area (Å²) in [5.74, 6) is 0.0681. The van der Waals surface area contributed by atoms with E-state index in [9.17, 15) is 13.6 Å². The molecule has 2 rings (SSSR count). The van der Waals surface area contributed by atoms with E-state index < -0.39 is 18.9 Å². The van der Waals surface area contributed by atoms with Gasteiger partial charge < -0.3 is 15.5 Å². The summed E-state index contributed by atoms with van der Waals surface area (Å²) in [6, 6.07) is 1.51. The summed E-state index contributed by atoms with van der Waals surface area (Å²) in [6.07, 6.45) is 1.41. The van der Waals surface area contributed by atoms with Crippen LogP contribution in [0.1, 0.15) is 16.1 Å². The van der Waals surface area contributed by atoms with Crippen LogP contribution in [0.25, 0.3) is 0 Å². The summed E-state index contributed by atoms with van der Waals surface area (Å²) < 4.78 is 30.3. The third-order valence-corrected chi connectivity index (χ3v) is 2.33. The highest BCUT2D eigenvalue weighted by molar-refractivity contribution is 6.03. The number of aromatic nitrogens is 2. The molecule has 0 fully saturated rings. The highest BCUT2D eigenvalue weighted by Gasteiger charge is 2.12. The standard InChI is InChI=1S/C11H12F2N4O2/c12-10(13)5-17-4-8(3-15-17)16-11(18)7-1-9(2-14)19-6-7/h1,3-4,6,10H,2,5,14H2,(H,16,18). The van der Waals surface area contributed by atoms with Gasteiger partial charge in [0.25, 0.3) is 12.3 Å². The third kappa shape index (κ3) is 3.38. The van der Waals surface area contributed by atoms with Crippen LogP contribution in [0.15, 0.2) is 29.1 Å². The van der Waals surface area contributed by atoms with Crippen molar-refractivity contribution < 1.29 is 18.0 Å². The van der Waals surface area contributed by atoms with Crippen molar-refractivity contribution in [2.45, 2.75) is 19.5 Å². The number of alkyl halides is 2. The second kappa shape index (κ2) is 5.61. The predicted molar refractivity (Wildman–Crippen MR) is 62.8 cm³/mol. The minimum atomic E-state index is -2.50. The van der Waals surface area contributed by atoms with Crippen LogP contribution in [0.2, 0.25) is 0 Å².